The van der Waals surface area contributed by atoms with Gasteiger partial charge in [-0.05, 0) is 25.2 Å². The number of aliphatic hydroxyl groups excluding tert-OH is 1. The van der Waals surface area contributed by atoms with Crippen LogP contribution in [0.25, 0.3) is 0 Å². The van der Waals surface area contributed by atoms with E-state index in [-0.39, 0.29) is 23.5 Å². The molecule has 0 aromatic rings. The molecule has 1 fully saturated rings. The normalized spacial score (nSPS) is 30.8. The van der Waals surface area contributed by atoms with Gasteiger partial charge in [0, 0.05) is 12.4 Å². The van der Waals surface area contributed by atoms with E-state index in [1.54, 1.807) is 6.92 Å². The highest BCUT2D eigenvalue weighted by atomic mass is 32.2. The molecule has 0 radical (unpaired) electrons. The van der Waals surface area contributed by atoms with E-state index >= 15 is 0 Å². The second-order valence-corrected chi connectivity index (χ2v) is 6.00. The lowest BCUT2D eigenvalue weighted by molar-refractivity contribution is 0.230. The van der Waals surface area contributed by atoms with Crippen LogP contribution in [0.4, 0.5) is 0 Å². The van der Waals surface area contributed by atoms with Crippen molar-refractivity contribution in [2.75, 3.05) is 12.4 Å². The van der Waals surface area contributed by atoms with Gasteiger partial charge in [-0.15, -0.1) is 0 Å². The largest absolute Gasteiger partial charge is 0.396 e. The molecule has 0 unspecified atom stereocenters. The van der Waals surface area contributed by atoms with Gasteiger partial charge in [-0.3, -0.25) is 0 Å². The maximum Gasteiger partial charge on any atom is 0.152 e. The van der Waals surface area contributed by atoms with Crippen molar-refractivity contribution in [1.29, 1.82) is 0 Å². The molecule has 1 saturated carbocycles. The summed E-state index contributed by atoms with van der Waals surface area (Å²) in [5, 5.41) is 8.65. The molecule has 1 N–H and O–H groups in total. The topological polar surface area (TPSA) is 54.4 Å². The summed E-state index contributed by atoms with van der Waals surface area (Å²) < 4.78 is 22.8. The number of rotatable bonds is 3. The summed E-state index contributed by atoms with van der Waals surface area (Å²) in [6.45, 7) is 1.82. The Kier molecular flexibility index (Phi) is 3.12. The van der Waals surface area contributed by atoms with E-state index in [1.807, 2.05) is 0 Å². The molecule has 72 valence electrons. The van der Waals surface area contributed by atoms with Gasteiger partial charge < -0.3 is 5.11 Å². The Morgan fingerprint density at radius 3 is 2.50 bits per heavy atom. The molecular formula is C8H16O3S. The quantitative estimate of drug-likeness (QED) is 0.711. The van der Waals surface area contributed by atoms with Crippen LogP contribution in [0.1, 0.15) is 26.2 Å². The zero-order valence-corrected chi connectivity index (χ0v) is 8.18. The van der Waals surface area contributed by atoms with E-state index in [0.29, 0.717) is 6.42 Å². The van der Waals surface area contributed by atoms with Crippen LogP contribution in [0.15, 0.2) is 0 Å². The Bertz CT molecular complexity index is 233. The average molecular weight is 192 g/mol. The molecule has 0 aromatic carbocycles. The fourth-order valence-electron chi connectivity index (χ4n) is 1.76. The van der Waals surface area contributed by atoms with Crippen molar-refractivity contribution >= 4 is 9.84 Å². The Hall–Kier alpha value is -0.0900. The van der Waals surface area contributed by atoms with E-state index in [1.165, 1.54) is 0 Å². The van der Waals surface area contributed by atoms with Gasteiger partial charge in [-0.2, -0.15) is 0 Å². The van der Waals surface area contributed by atoms with Gasteiger partial charge in [0.2, 0.25) is 0 Å². The first-order valence-electron chi connectivity index (χ1n) is 4.42. The Labute approximate surface area is 73.7 Å². The van der Waals surface area contributed by atoms with E-state index in [9.17, 15) is 8.42 Å². The molecule has 0 aromatic heterocycles. The predicted molar refractivity (Wildman–Crippen MR) is 47.7 cm³/mol. The molecule has 3 nitrogen and oxygen atoms in total. The van der Waals surface area contributed by atoms with Crippen LogP contribution >= 0.6 is 0 Å². The van der Waals surface area contributed by atoms with Crippen LogP contribution in [0.5, 0.6) is 0 Å². The molecule has 2 atom stereocenters. The molecule has 1 rings (SSSR count). The molecule has 1 aliphatic carbocycles. The number of sulfone groups is 1. The standard InChI is InChI=1S/C8H16O3S/c1-2-12(10,11)8-4-3-7(5-8)6-9/h7-9H,2-6H2,1H3/t7-,8+/m1/s1. The fourth-order valence-corrected chi connectivity index (χ4v) is 3.29. The van der Waals surface area contributed by atoms with Gasteiger partial charge in [0.15, 0.2) is 9.84 Å². The van der Waals surface area contributed by atoms with Crippen molar-refractivity contribution in [2.45, 2.75) is 31.4 Å². The van der Waals surface area contributed by atoms with Crippen molar-refractivity contribution in [3.8, 4) is 0 Å². The third-order valence-electron chi connectivity index (χ3n) is 2.66. The maximum absolute atomic E-state index is 11.4. The summed E-state index contributed by atoms with van der Waals surface area (Å²) >= 11 is 0. The molecule has 12 heavy (non-hydrogen) atoms. The average Bonchev–Trinajstić information content (AvgIpc) is 2.52. The van der Waals surface area contributed by atoms with Crippen molar-refractivity contribution in [3.05, 3.63) is 0 Å². The van der Waals surface area contributed by atoms with Crippen molar-refractivity contribution in [3.63, 3.8) is 0 Å². The molecule has 4 heteroatoms. The number of aliphatic hydroxyl groups is 1. The highest BCUT2D eigenvalue weighted by Crippen LogP contribution is 2.30. The monoisotopic (exact) mass is 192 g/mol. The summed E-state index contributed by atoms with van der Waals surface area (Å²) in [5.41, 5.74) is 0. The molecule has 0 heterocycles. The summed E-state index contributed by atoms with van der Waals surface area (Å²) in [6.07, 6.45) is 2.26. The van der Waals surface area contributed by atoms with Crippen LogP contribution in [0, 0.1) is 5.92 Å². The fraction of sp³-hybridized carbons (Fsp3) is 1.00. The smallest absolute Gasteiger partial charge is 0.152 e. The Balaban J connectivity index is 2.58. The zero-order valence-electron chi connectivity index (χ0n) is 7.36. The van der Waals surface area contributed by atoms with Crippen LogP contribution in [-0.4, -0.2) is 31.1 Å². The van der Waals surface area contributed by atoms with Gasteiger partial charge in [-0.25, -0.2) is 8.42 Å². The molecule has 0 bridgehead atoms. The van der Waals surface area contributed by atoms with Gasteiger partial charge in [0.1, 0.15) is 0 Å². The van der Waals surface area contributed by atoms with E-state index < -0.39 is 9.84 Å². The first-order chi connectivity index (χ1) is 5.60. The second kappa shape index (κ2) is 3.75. The van der Waals surface area contributed by atoms with Crippen molar-refractivity contribution < 1.29 is 13.5 Å². The van der Waals surface area contributed by atoms with Crippen LogP contribution in [0.2, 0.25) is 0 Å². The molecule has 0 aliphatic heterocycles. The first-order valence-corrected chi connectivity index (χ1v) is 6.14. The second-order valence-electron chi connectivity index (χ2n) is 3.44. The minimum atomic E-state index is -2.85. The Morgan fingerprint density at radius 1 is 1.42 bits per heavy atom. The molecular weight excluding hydrogens is 176 g/mol. The lowest BCUT2D eigenvalue weighted by Gasteiger charge is -2.08. The van der Waals surface area contributed by atoms with E-state index in [0.717, 1.165) is 12.8 Å². The van der Waals surface area contributed by atoms with Crippen LogP contribution in [-0.2, 0) is 9.84 Å². The summed E-state index contributed by atoms with van der Waals surface area (Å²) in [7, 11) is -2.85. The highest BCUT2D eigenvalue weighted by molar-refractivity contribution is 7.92. The number of hydrogen-bond acceptors (Lipinski definition) is 3. The third kappa shape index (κ3) is 1.98. The lowest BCUT2D eigenvalue weighted by atomic mass is 10.1. The van der Waals surface area contributed by atoms with E-state index in [2.05, 4.69) is 0 Å². The zero-order chi connectivity index (χ0) is 9.19. The van der Waals surface area contributed by atoms with Crippen molar-refractivity contribution in [1.82, 2.24) is 0 Å². The summed E-state index contributed by atoms with van der Waals surface area (Å²) in [6, 6.07) is 0. The maximum atomic E-state index is 11.4. The molecule has 1 aliphatic rings. The van der Waals surface area contributed by atoms with Crippen molar-refractivity contribution in [2.24, 2.45) is 5.92 Å². The first kappa shape index (κ1) is 9.99. The molecule has 0 spiro atoms. The van der Waals surface area contributed by atoms with Crippen LogP contribution in [0.3, 0.4) is 0 Å². The molecule has 0 saturated heterocycles. The minimum absolute atomic E-state index is 0.135. The van der Waals surface area contributed by atoms with Gasteiger partial charge in [0.05, 0.1) is 5.25 Å². The third-order valence-corrected chi connectivity index (χ3v) is 4.91. The Morgan fingerprint density at radius 2 is 2.08 bits per heavy atom. The minimum Gasteiger partial charge on any atom is -0.396 e. The predicted octanol–water partition coefficient (Wildman–Crippen LogP) is 0.582. The SMILES string of the molecule is CCS(=O)(=O)[C@H]1CC[C@@H](CO)C1. The highest BCUT2D eigenvalue weighted by Gasteiger charge is 2.32. The summed E-state index contributed by atoms with van der Waals surface area (Å²) in [4.78, 5) is 0. The van der Waals surface area contributed by atoms with Gasteiger partial charge >= 0.3 is 0 Å². The van der Waals surface area contributed by atoms with Gasteiger partial charge in [0.25, 0.3) is 0 Å². The number of hydrogen-bond donors (Lipinski definition) is 1. The van der Waals surface area contributed by atoms with Crippen LogP contribution < -0.4 is 0 Å². The summed E-state index contributed by atoms with van der Waals surface area (Å²) in [5.74, 6) is 0.451. The van der Waals surface area contributed by atoms with E-state index in [4.69, 9.17) is 5.11 Å². The lowest BCUT2D eigenvalue weighted by Crippen LogP contribution is -2.20. The molecule has 0 amide bonds. The van der Waals surface area contributed by atoms with Gasteiger partial charge in [-0.1, -0.05) is 6.92 Å².